The number of benzene rings is 3. The highest BCUT2D eigenvalue weighted by Gasteiger charge is 2.00. The molecule has 0 aliphatic rings. The molecule has 0 saturated heterocycles. The molecule has 22 heavy (non-hydrogen) atoms. The van der Waals surface area contributed by atoms with Crippen molar-refractivity contribution in [3.63, 3.8) is 0 Å². The Morgan fingerprint density at radius 2 is 0.636 bits per heavy atom. The van der Waals surface area contributed by atoms with Crippen molar-refractivity contribution in [1.29, 1.82) is 0 Å². The monoisotopic (exact) mass is 418 g/mol. The second-order valence-corrected chi connectivity index (χ2v) is 6.41. The third-order valence-electron chi connectivity index (χ3n) is 2.92. The van der Waals surface area contributed by atoms with Gasteiger partial charge in [-0.1, -0.05) is 31.9 Å². The average molecular weight is 420 g/mol. The first kappa shape index (κ1) is 15.1. The summed E-state index contributed by atoms with van der Waals surface area (Å²) in [7, 11) is 0. The van der Waals surface area contributed by atoms with E-state index in [1.807, 2.05) is 72.8 Å². The predicted molar refractivity (Wildman–Crippen MR) is 94.9 cm³/mol. The first-order chi connectivity index (χ1) is 10.7. The molecule has 0 aromatic heterocycles. The lowest BCUT2D eigenvalue weighted by Crippen LogP contribution is -1.86. The van der Waals surface area contributed by atoms with E-state index in [2.05, 4.69) is 31.9 Å². The van der Waals surface area contributed by atoms with E-state index in [4.69, 9.17) is 9.47 Å². The SMILES string of the molecule is Brc1ccc(Oc2ccc(Oc3ccc(Br)cc3)cc2)cc1. The molecule has 3 rings (SSSR count). The molecule has 0 atom stereocenters. The lowest BCUT2D eigenvalue weighted by molar-refractivity contribution is 0.469. The fraction of sp³-hybridized carbons (Fsp3) is 0. The normalized spacial score (nSPS) is 10.3. The maximum absolute atomic E-state index is 5.77. The summed E-state index contributed by atoms with van der Waals surface area (Å²) in [6.07, 6.45) is 0. The van der Waals surface area contributed by atoms with Crippen molar-refractivity contribution in [1.82, 2.24) is 0 Å². The van der Waals surface area contributed by atoms with Gasteiger partial charge >= 0.3 is 0 Å². The highest BCUT2D eigenvalue weighted by molar-refractivity contribution is 9.10. The van der Waals surface area contributed by atoms with Crippen LogP contribution in [0.25, 0.3) is 0 Å². The summed E-state index contributed by atoms with van der Waals surface area (Å²) >= 11 is 6.80. The molecule has 0 heterocycles. The Bertz CT molecular complexity index is 669. The van der Waals surface area contributed by atoms with E-state index in [1.165, 1.54) is 0 Å². The van der Waals surface area contributed by atoms with E-state index in [0.29, 0.717) is 0 Å². The summed E-state index contributed by atoms with van der Waals surface area (Å²) in [5.41, 5.74) is 0. The molecule has 4 heteroatoms. The minimum atomic E-state index is 0.769. The van der Waals surface area contributed by atoms with Crippen LogP contribution >= 0.6 is 31.9 Å². The smallest absolute Gasteiger partial charge is 0.127 e. The van der Waals surface area contributed by atoms with Gasteiger partial charge in [0.1, 0.15) is 23.0 Å². The average Bonchev–Trinajstić information content (AvgIpc) is 2.54. The minimum absolute atomic E-state index is 0.769. The zero-order valence-corrected chi connectivity index (χ0v) is 14.7. The molecule has 0 aliphatic carbocycles. The van der Waals surface area contributed by atoms with Crippen LogP contribution in [-0.4, -0.2) is 0 Å². The molecule has 0 amide bonds. The Kier molecular flexibility index (Phi) is 4.80. The topological polar surface area (TPSA) is 18.5 Å². The largest absolute Gasteiger partial charge is 0.457 e. The van der Waals surface area contributed by atoms with E-state index in [1.54, 1.807) is 0 Å². The van der Waals surface area contributed by atoms with Crippen molar-refractivity contribution in [2.45, 2.75) is 0 Å². The Morgan fingerprint density at radius 3 is 0.909 bits per heavy atom. The number of halogens is 2. The first-order valence-corrected chi connectivity index (χ1v) is 8.24. The molecule has 3 aromatic rings. The van der Waals surface area contributed by atoms with Gasteiger partial charge in [-0.3, -0.25) is 0 Å². The van der Waals surface area contributed by atoms with Crippen molar-refractivity contribution in [3.05, 3.63) is 81.7 Å². The van der Waals surface area contributed by atoms with Crippen LogP contribution in [0.15, 0.2) is 81.7 Å². The van der Waals surface area contributed by atoms with Crippen molar-refractivity contribution in [2.24, 2.45) is 0 Å². The van der Waals surface area contributed by atoms with Crippen LogP contribution in [0.3, 0.4) is 0 Å². The maximum Gasteiger partial charge on any atom is 0.127 e. The van der Waals surface area contributed by atoms with Crippen molar-refractivity contribution < 1.29 is 9.47 Å². The molecule has 0 unspecified atom stereocenters. The second-order valence-electron chi connectivity index (χ2n) is 4.58. The molecule has 0 spiro atoms. The fourth-order valence-corrected chi connectivity index (χ4v) is 2.38. The third kappa shape index (κ3) is 4.12. The van der Waals surface area contributed by atoms with Gasteiger partial charge in [-0.2, -0.15) is 0 Å². The van der Waals surface area contributed by atoms with E-state index in [-0.39, 0.29) is 0 Å². The summed E-state index contributed by atoms with van der Waals surface area (Å²) < 4.78 is 13.6. The van der Waals surface area contributed by atoms with Gasteiger partial charge in [-0.05, 0) is 72.8 Å². The minimum Gasteiger partial charge on any atom is -0.457 e. The molecule has 0 saturated carbocycles. The fourth-order valence-electron chi connectivity index (χ4n) is 1.85. The number of rotatable bonds is 4. The van der Waals surface area contributed by atoms with E-state index in [0.717, 1.165) is 31.9 Å². The third-order valence-corrected chi connectivity index (χ3v) is 3.98. The zero-order chi connectivity index (χ0) is 15.4. The molecule has 110 valence electrons. The summed E-state index contributed by atoms with van der Waals surface area (Å²) in [5, 5.41) is 0. The van der Waals surface area contributed by atoms with Crippen LogP contribution in [0.5, 0.6) is 23.0 Å². The highest BCUT2D eigenvalue weighted by Crippen LogP contribution is 2.28. The molecule has 0 fully saturated rings. The summed E-state index contributed by atoms with van der Waals surface area (Å²) in [5.74, 6) is 3.13. The van der Waals surface area contributed by atoms with Crippen molar-refractivity contribution >= 4 is 31.9 Å². The Labute approximate surface area is 146 Å². The van der Waals surface area contributed by atoms with Gasteiger partial charge in [-0.15, -0.1) is 0 Å². The Balaban J connectivity index is 1.67. The molecule has 0 radical (unpaired) electrons. The van der Waals surface area contributed by atoms with E-state index >= 15 is 0 Å². The highest BCUT2D eigenvalue weighted by atomic mass is 79.9. The molecule has 3 aromatic carbocycles. The molecule has 0 aliphatic heterocycles. The maximum atomic E-state index is 5.77. The molecule has 0 N–H and O–H groups in total. The first-order valence-electron chi connectivity index (χ1n) is 6.66. The number of hydrogen-bond donors (Lipinski definition) is 0. The Hall–Kier alpha value is -1.78. The second kappa shape index (κ2) is 6.99. The lowest BCUT2D eigenvalue weighted by Gasteiger charge is -2.08. The van der Waals surface area contributed by atoms with Crippen LogP contribution in [0.4, 0.5) is 0 Å². The van der Waals surface area contributed by atoms with Crippen LogP contribution in [0.2, 0.25) is 0 Å². The molecular formula is C18H12Br2O2. The molecular weight excluding hydrogens is 408 g/mol. The predicted octanol–water partition coefficient (Wildman–Crippen LogP) is 6.80. The van der Waals surface area contributed by atoms with Crippen molar-refractivity contribution in [3.8, 4) is 23.0 Å². The Morgan fingerprint density at radius 1 is 0.409 bits per heavy atom. The standard InChI is InChI=1S/C18H12Br2O2/c19-13-1-5-15(6-2-13)21-17-9-11-18(12-10-17)22-16-7-3-14(20)4-8-16/h1-12H. The number of hydrogen-bond acceptors (Lipinski definition) is 2. The van der Waals surface area contributed by atoms with Gasteiger partial charge < -0.3 is 9.47 Å². The van der Waals surface area contributed by atoms with Crippen LogP contribution in [0, 0.1) is 0 Å². The van der Waals surface area contributed by atoms with E-state index < -0.39 is 0 Å². The molecule has 2 nitrogen and oxygen atoms in total. The van der Waals surface area contributed by atoms with Gasteiger partial charge in [0.25, 0.3) is 0 Å². The zero-order valence-electron chi connectivity index (χ0n) is 11.5. The summed E-state index contributed by atoms with van der Waals surface area (Å²) in [4.78, 5) is 0. The van der Waals surface area contributed by atoms with Crippen LogP contribution < -0.4 is 9.47 Å². The van der Waals surface area contributed by atoms with Gasteiger partial charge in [0.05, 0.1) is 0 Å². The van der Waals surface area contributed by atoms with Crippen LogP contribution in [-0.2, 0) is 0 Å². The number of ether oxygens (including phenoxy) is 2. The van der Waals surface area contributed by atoms with Crippen molar-refractivity contribution in [2.75, 3.05) is 0 Å². The lowest BCUT2D eigenvalue weighted by atomic mass is 10.3. The van der Waals surface area contributed by atoms with Crippen LogP contribution in [0.1, 0.15) is 0 Å². The quantitative estimate of drug-likeness (QED) is 0.463. The molecule has 0 bridgehead atoms. The summed E-state index contributed by atoms with van der Waals surface area (Å²) in [6, 6.07) is 23.0. The van der Waals surface area contributed by atoms with Gasteiger partial charge in [0.2, 0.25) is 0 Å². The summed E-state index contributed by atoms with van der Waals surface area (Å²) in [6.45, 7) is 0. The van der Waals surface area contributed by atoms with Gasteiger partial charge in [0, 0.05) is 8.95 Å². The van der Waals surface area contributed by atoms with E-state index in [9.17, 15) is 0 Å². The van der Waals surface area contributed by atoms with Gasteiger partial charge in [-0.25, -0.2) is 0 Å². The van der Waals surface area contributed by atoms with Gasteiger partial charge in [0.15, 0.2) is 0 Å².